The zero-order chi connectivity index (χ0) is 13.8. The highest BCUT2D eigenvalue weighted by atomic mass is 16.3. The molecule has 0 amide bonds. The molecule has 1 aromatic heterocycles. The number of nitrogens with two attached hydrogens (primary N) is 1. The van der Waals surface area contributed by atoms with Gasteiger partial charge >= 0.3 is 0 Å². The summed E-state index contributed by atoms with van der Waals surface area (Å²) in [7, 11) is 0. The van der Waals surface area contributed by atoms with Gasteiger partial charge in [-0.25, -0.2) is 4.98 Å². The van der Waals surface area contributed by atoms with Crippen molar-refractivity contribution in [2.24, 2.45) is 5.92 Å². The molecule has 0 saturated carbocycles. The Labute approximate surface area is 114 Å². The van der Waals surface area contributed by atoms with Crippen LogP contribution < -0.4 is 5.73 Å². The molecule has 0 aliphatic rings. The zero-order valence-electron chi connectivity index (χ0n) is 11.8. The molecule has 0 radical (unpaired) electrons. The molecule has 2 rings (SSSR count). The minimum absolute atomic E-state index is 0.240. The van der Waals surface area contributed by atoms with Crippen LogP contribution in [0.1, 0.15) is 32.5 Å². The molecular weight excluding hydrogens is 238 g/mol. The first-order valence-corrected chi connectivity index (χ1v) is 7.01. The van der Waals surface area contributed by atoms with Crippen molar-refractivity contribution in [3.8, 4) is 0 Å². The maximum Gasteiger partial charge on any atom is 0.109 e. The molecule has 0 saturated heterocycles. The standard InChI is InChI=1S/C15H23N3O/c1-3-4-15-17-13-9-12(16)5-6-14(13)18(15)10-11(2)7-8-19/h5-6,9,11,19H,3-4,7-8,10,16H2,1-2H3. The fourth-order valence-electron chi connectivity index (χ4n) is 2.44. The van der Waals surface area contributed by atoms with E-state index in [9.17, 15) is 0 Å². The second-order valence-corrected chi connectivity index (χ2v) is 5.25. The van der Waals surface area contributed by atoms with E-state index in [1.807, 2.05) is 18.2 Å². The van der Waals surface area contributed by atoms with Crippen molar-refractivity contribution in [3.63, 3.8) is 0 Å². The summed E-state index contributed by atoms with van der Waals surface area (Å²) < 4.78 is 2.28. The predicted molar refractivity (Wildman–Crippen MR) is 79.0 cm³/mol. The normalized spacial score (nSPS) is 13.0. The van der Waals surface area contributed by atoms with Gasteiger partial charge in [0, 0.05) is 25.3 Å². The fourth-order valence-corrected chi connectivity index (χ4v) is 2.44. The van der Waals surface area contributed by atoms with E-state index < -0.39 is 0 Å². The lowest BCUT2D eigenvalue weighted by Crippen LogP contribution is -2.12. The first-order valence-electron chi connectivity index (χ1n) is 7.01. The number of fused-ring (bicyclic) bond motifs is 1. The molecule has 0 bridgehead atoms. The van der Waals surface area contributed by atoms with Gasteiger partial charge in [0.1, 0.15) is 5.82 Å². The molecule has 1 unspecified atom stereocenters. The Hall–Kier alpha value is -1.55. The van der Waals surface area contributed by atoms with E-state index in [1.165, 1.54) is 0 Å². The van der Waals surface area contributed by atoms with E-state index in [0.717, 1.165) is 48.4 Å². The summed E-state index contributed by atoms with van der Waals surface area (Å²) >= 11 is 0. The van der Waals surface area contributed by atoms with Crippen LogP contribution in [0.5, 0.6) is 0 Å². The van der Waals surface area contributed by atoms with Gasteiger partial charge in [0.05, 0.1) is 11.0 Å². The van der Waals surface area contributed by atoms with Crippen molar-refractivity contribution in [1.82, 2.24) is 9.55 Å². The summed E-state index contributed by atoms with van der Waals surface area (Å²) in [5.74, 6) is 1.56. The van der Waals surface area contributed by atoms with Gasteiger partial charge in [-0.1, -0.05) is 13.8 Å². The smallest absolute Gasteiger partial charge is 0.109 e. The average Bonchev–Trinajstić information content (AvgIpc) is 2.67. The lowest BCUT2D eigenvalue weighted by Gasteiger charge is -2.14. The topological polar surface area (TPSA) is 64.1 Å². The highest BCUT2D eigenvalue weighted by molar-refractivity contribution is 5.79. The largest absolute Gasteiger partial charge is 0.399 e. The van der Waals surface area contributed by atoms with Crippen molar-refractivity contribution < 1.29 is 5.11 Å². The van der Waals surface area contributed by atoms with Crippen molar-refractivity contribution in [2.45, 2.75) is 39.7 Å². The lowest BCUT2D eigenvalue weighted by molar-refractivity contribution is 0.254. The van der Waals surface area contributed by atoms with Gasteiger partial charge in [-0.2, -0.15) is 0 Å². The number of imidazole rings is 1. The Morgan fingerprint density at radius 2 is 2.21 bits per heavy atom. The Morgan fingerprint density at radius 3 is 2.89 bits per heavy atom. The summed E-state index contributed by atoms with van der Waals surface area (Å²) in [6, 6.07) is 5.90. The monoisotopic (exact) mass is 261 g/mol. The molecule has 104 valence electrons. The number of nitrogen functional groups attached to an aromatic ring is 1. The maximum atomic E-state index is 9.05. The van der Waals surface area contributed by atoms with Crippen molar-refractivity contribution in [2.75, 3.05) is 12.3 Å². The molecule has 0 fully saturated rings. The van der Waals surface area contributed by atoms with E-state index in [1.54, 1.807) is 0 Å². The molecule has 4 nitrogen and oxygen atoms in total. The summed E-state index contributed by atoms with van der Waals surface area (Å²) in [4.78, 5) is 4.70. The number of rotatable bonds is 6. The first kappa shape index (κ1) is 13.9. The van der Waals surface area contributed by atoms with Crippen LogP contribution in [0.3, 0.4) is 0 Å². The van der Waals surface area contributed by atoms with Crippen LogP contribution in [0.4, 0.5) is 5.69 Å². The molecule has 2 aromatic rings. The SMILES string of the molecule is CCCc1nc2cc(N)ccc2n1CC(C)CCO. The van der Waals surface area contributed by atoms with Gasteiger partial charge in [0.2, 0.25) is 0 Å². The second kappa shape index (κ2) is 6.06. The quantitative estimate of drug-likeness (QED) is 0.786. The Bertz CT molecular complexity index is 548. The van der Waals surface area contributed by atoms with E-state index >= 15 is 0 Å². The predicted octanol–water partition coefficient (Wildman–Crippen LogP) is 2.59. The highest BCUT2D eigenvalue weighted by Gasteiger charge is 2.12. The number of aryl methyl sites for hydroxylation is 1. The molecular formula is C15H23N3O. The Morgan fingerprint density at radius 1 is 1.42 bits per heavy atom. The molecule has 0 aliphatic carbocycles. The van der Waals surface area contributed by atoms with Gasteiger partial charge < -0.3 is 15.4 Å². The second-order valence-electron chi connectivity index (χ2n) is 5.25. The minimum Gasteiger partial charge on any atom is -0.399 e. The third kappa shape index (κ3) is 3.07. The van der Waals surface area contributed by atoms with E-state index in [4.69, 9.17) is 15.8 Å². The average molecular weight is 261 g/mol. The molecule has 4 heteroatoms. The van der Waals surface area contributed by atoms with Crippen molar-refractivity contribution in [1.29, 1.82) is 0 Å². The number of benzene rings is 1. The van der Waals surface area contributed by atoms with Crippen LogP contribution in [0.15, 0.2) is 18.2 Å². The van der Waals surface area contributed by atoms with Crippen LogP contribution in [-0.2, 0) is 13.0 Å². The molecule has 0 aliphatic heterocycles. The summed E-state index contributed by atoms with van der Waals surface area (Å²) in [6.07, 6.45) is 2.87. The molecule has 1 atom stereocenters. The van der Waals surface area contributed by atoms with Gasteiger partial charge in [0.15, 0.2) is 0 Å². The lowest BCUT2D eigenvalue weighted by atomic mass is 10.1. The number of hydrogen-bond donors (Lipinski definition) is 2. The van der Waals surface area contributed by atoms with Gasteiger partial charge in [0.25, 0.3) is 0 Å². The number of anilines is 1. The third-order valence-electron chi connectivity index (χ3n) is 3.44. The first-order chi connectivity index (χ1) is 9.15. The summed E-state index contributed by atoms with van der Waals surface area (Å²) in [5.41, 5.74) is 8.69. The van der Waals surface area contributed by atoms with Crippen molar-refractivity contribution >= 4 is 16.7 Å². The van der Waals surface area contributed by atoms with Gasteiger partial charge in [-0.05, 0) is 37.0 Å². The van der Waals surface area contributed by atoms with Crippen LogP contribution in [-0.4, -0.2) is 21.3 Å². The van der Waals surface area contributed by atoms with E-state index in [0.29, 0.717) is 5.92 Å². The minimum atomic E-state index is 0.240. The maximum absolute atomic E-state index is 9.05. The van der Waals surface area contributed by atoms with E-state index in [2.05, 4.69) is 18.4 Å². The molecule has 1 aromatic carbocycles. The van der Waals surface area contributed by atoms with Crippen LogP contribution in [0, 0.1) is 5.92 Å². The van der Waals surface area contributed by atoms with E-state index in [-0.39, 0.29) is 6.61 Å². The zero-order valence-corrected chi connectivity index (χ0v) is 11.8. The molecule has 3 N–H and O–H groups in total. The molecule has 1 heterocycles. The van der Waals surface area contributed by atoms with Crippen molar-refractivity contribution in [3.05, 3.63) is 24.0 Å². The van der Waals surface area contributed by atoms with Gasteiger partial charge in [-0.15, -0.1) is 0 Å². The van der Waals surface area contributed by atoms with Crippen LogP contribution in [0.25, 0.3) is 11.0 Å². The number of aromatic nitrogens is 2. The number of aliphatic hydroxyl groups excluding tert-OH is 1. The van der Waals surface area contributed by atoms with Crippen LogP contribution >= 0.6 is 0 Å². The molecule has 0 spiro atoms. The fraction of sp³-hybridized carbons (Fsp3) is 0.533. The van der Waals surface area contributed by atoms with Crippen LogP contribution in [0.2, 0.25) is 0 Å². The number of aliphatic hydroxyl groups is 1. The summed E-state index contributed by atoms with van der Waals surface area (Å²) in [6.45, 7) is 5.46. The summed E-state index contributed by atoms with van der Waals surface area (Å²) in [5, 5.41) is 9.05. The van der Waals surface area contributed by atoms with Gasteiger partial charge in [-0.3, -0.25) is 0 Å². The third-order valence-corrected chi connectivity index (χ3v) is 3.44. The highest BCUT2D eigenvalue weighted by Crippen LogP contribution is 2.22. The number of hydrogen-bond acceptors (Lipinski definition) is 3. The Kier molecular flexibility index (Phi) is 4.43. The Balaban J connectivity index is 2.39. The number of nitrogens with zero attached hydrogens (tertiary/aromatic N) is 2. The molecule has 19 heavy (non-hydrogen) atoms.